The van der Waals surface area contributed by atoms with Gasteiger partial charge in [-0.2, -0.15) is 0 Å². The lowest BCUT2D eigenvalue weighted by Gasteiger charge is -2.24. The zero-order valence-corrected chi connectivity index (χ0v) is 16.7. The maximum atomic E-state index is 13.1. The van der Waals surface area contributed by atoms with Crippen molar-refractivity contribution in [3.05, 3.63) is 46.2 Å². The van der Waals surface area contributed by atoms with Gasteiger partial charge in [-0.05, 0) is 32.6 Å². The number of esters is 1. The van der Waals surface area contributed by atoms with Gasteiger partial charge in [0.2, 0.25) is 0 Å². The van der Waals surface area contributed by atoms with Crippen molar-refractivity contribution < 1.29 is 14.3 Å². The lowest BCUT2D eigenvalue weighted by molar-refractivity contribution is -0.137. The Morgan fingerprint density at radius 1 is 1.22 bits per heavy atom. The first kappa shape index (κ1) is 18.1. The molecule has 5 heteroatoms. The third-order valence-electron chi connectivity index (χ3n) is 5.47. The van der Waals surface area contributed by atoms with Gasteiger partial charge in [-0.3, -0.25) is 9.59 Å². The largest absolute Gasteiger partial charge is 0.430 e. The fourth-order valence-corrected chi connectivity index (χ4v) is 5.13. The van der Waals surface area contributed by atoms with Crippen molar-refractivity contribution in [3.8, 4) is 10.6 Å². The number of nitrogens with zero attached hydrogens (tertiary/aromatic N) is 1. The van der Waals surface area contributed by atoms with E-state index in [0.29, 0.717) is 11.3 Å². The Morgan fingerprint density at radius 3 is 2.59 bits per heavy atom. The minimum atomic E-state index is -0.368. The lowest BCUT2D eigenvalue weighted by Crippen LogP contribution is -2.24. The van der Waals surface area contributed by atoms with E-state index in [1.54, 1.807) is 11.3 Å². The highest BCUT2D eigenvalue weighted by Gasteiger charge is 2.44. The number of carbonyl (C=O) groups is 2. The Bertz CT molecular complexity index is 939. The van der Waals surface area contributed by atoms with Crippen LogP contribution in [0.4, 0.5) is 0 Å². The van der Waals surface area contributed by atoms with Crippen LogP contribution in [0.1, 0.15) is 49.2 Å². The summed E-state index contributed by atoms with van der Waals surface area (Å²) in [5.74, 6) is 0.471. The molecule has 1 aromatic carbocycles. The Balaban J connectivity index is 1.86. The van der Waals surface area contributed by atoms with Crippen molar-refractivity contribution in [2.45, 2.75) is 46.5 Å². The van der Waals surface area contributed by atoms with Crippen molar-refractivity contribution >= 4 is 28.7 Å². The molecule has 140 valence electrons. The predicted molar refractivity (Wildman–Crippen MR) is 106 cm³/mol. The highest BCUT2D eigenvalue weighted by Crippen LogP contribution is 2.48. The van der Waals surface area contributed by atoms with Gasteiger partial charge in [0.05, 0.1) is 11.3 Å². The number of ketones is 1. The standard InChI is InChI=1S/C22H23NO3S/c1-4-17-19(23-22(27-17)14-7-5-12(2)6-8-14)18-20(25)15-9-10-16(11-15)21(18)26-13(3)24/h5-8,15-16H,4,9-11H2,1-3H3/t15-,16+/m1/s1. The van der Waals surface area contributed by atoms with E-state index >= 15 is 0 Å². The van der Waals surface area contributed by atoms with Crippen molar-refractivity contribution in [2.75, 3.05) is 0 Å². The van der Waals surface area contributed by atoms with E-state index in [1.807, 2.05) is 0 Å². The Labute approximate surface area is 163 Å². The molecule has 2 atom stereocenters. The molecule has 0 unspecified atom stereocenters. The molecule has 4 nitrogen and oxygen atoms in total. The molecule has 2 aliphatic carbocycles. The van der Waals surface area contributed by atoms with Crippen molar-refractivity contribution in [1.29, 1.82) is 0 Å². The molecule has 2 bridgehead atoms. The number of rotatable bonds is 4. The van der Waals surface area contributed by atoms with Gasteiger partial charge in [0.1, 0.15) is 10.8 Å². The topological polar surface area (TPSA) is 56.3 Å². The number of carbonyl (C=O) groups excluding carboxylic acids is 2. The van der Waals surface area contributed by atoms with Crippen LogP contribution in [0.3, 0.4) is 0 Å². The third kappa shape index (κ3) is 3.25. The molecule has 0 amide bonds. The smallest absolute Gasteiger partial charge is 0.307 e. The van der Waals surface area contributed by atoms with Gasteiger partial charge in [-0.1, -0.05) is 36.8 Å². The molecule has 1 saturated carbocycles. The molecule has 0 N–H and O–H groups in total. The lowest BCUT2D eigenvalue weighted by atomic mass is 9.84. The minimum absolute atomic E-state index is 0.0403. The molecular weight excluding hydrogens is 358 g/mol. The van der Waals surface area contributed by atoms with Crippen LogP contribution in [0, 0.1) is 18.8 Å². The summed E-state index contributed by atoms with van der Waals surface area (Å²) in [5.41, 5.74) is 3.52. The Morgan fingerprint density at radius 2 is 1.93 bits per heavy atom. The van der Waals surface area contributed by atoms with Crippen LogP contribution in [0.5, 0.6) is 0 Å². The average Bonchev–Trinajstić information content (AvgIpc) is 3.26. The number of ether oxygens (including phenoxy) is 1. The summed E-state index contributed by atoms with van der Waals surface area (Å²) in [6, 6.07) is 8.26. The van der Waals surface area contributed by atoms with Crippen molar-refractivity contribution in [2.24, 2.45) is 11.8 Å². The quantitative estimate of drug-likeness (QED) is 0.703. The fraction of sp³-hybridized carbons (Fsp3) is 0.409. The van der Waals surface area contributed by atoms with Crippen molar-refractivity contribution in [1.82, 2.24) is 4.98 Å². The number of hydrogen-bond donors (Lipinski definition) is 0. The van der Waals surface area contributed by atoms with Gasteiger partial charge in [0.25, 0.3) is 0 Å². The van der Waals surface area contributed by atoms with E-state index in [2.05, 4.69) is 38.1 Å². The molecule has 1 heterocycles. The second-order valence-electron chi connectivity index (χ2n) is 7.41. The molecule has 1 aromatic heterocycles. The molecule has 0 radical (unpaired) electrons. The second-order valence-corrected chi connectivity index (χ2v) is 8.50. The highest BCUT2D eigenvalue weighted by atomic mass is 32.1. The van der Waals surface area contributed by atoms with E-state index in [1.165, 1.54) is 12.5 Å². The zero-order chi connectivity index (χ0) is 19.1. The number of fused-ring (bicyclic) bond motifs is 2. The van der Waals surface area contributed by atoms with Gasteiger partial charge < -0.3 is 4.74 Å². The van der Waals surface area contributed by atoms with Crippen molar-refractivity contribution in [3.63, 3.8) is 0 Å². The Hall–Kier alpha value is -2.27. The van der Waals surface area contributed by atoms with Gasteiger partial charge in [-0.25, -0.2) is 4.98 Å². The van der Waals surface area contributed by atoms with Crippen LogP contribution in [0.25, 0.3) is 16.1 Å². The molecular formula is C22H23NO3S. The molecule has 2 aromatic rings. The first-order valence-corrected chi connectivity index (χ1v) is 10.3. The number of Topliss-reactive ketones (excluding diaryl/α,β-unsaturated/α-hetero) is 1. The first-order valence-electron chi connectivity index (χ1n) is 9.51. The molecule has 0 spiro atoms. The van der Waals surface area contributed by atoms with Gasteiger partial charge in [-0.15, -0.1) is 11.3 Å². The predicted octanol–water partition coefficient (Wildman–Crippen LogP) is 4.95. The van der Waals surface area contributed by atoms with Crippen LogP contribution in [-0.4, -0.2) is 16.7 Å². The Kier molecular flexibility index (Phi) is 4.72. The minimum Gasteiger partial charge on any atom is -0.430 e. The van der Waals surface area contributed by atoms with Gasteiger partial charge >= 0.3 is 5.97 Å². The summed E-state index contributed by atoms with van der Waals surface area (Å²) >= 11 is 1.62. The molecule has 0 aliphatic heterocycles. The molecule has 4 rings (SSSR count). The molecule has 27 heavy (non-hydrogen) atoms. The summed E-state index contributed by atoms with van der Waals surface area (Å²) in [4.78, 5) is 30.8. The molecule has 2 aliphatic rings. The first-order chi connectivity index (χ1) is 13.0. The van der Waals surface area contributed by atoms with Gasteiger partial charge in [0, 0.05) is 29.2 Å². The summed E-state index contributed by atoms with van der Waals surface area (Å²) in [7, 11) is 0. The summed E-state index contributed by atoms with van der Waals surface area (Å²) in [5, 5.41) is 0.905. The van der Waals surface area contributed by atoms with Crippen LogP contribution < -0.4 is 0 Å². The van der Waals surface area contributed by atoms with Crippen LogP contribution in [-0.2, 0) is 20.7 Å². The van der Waals surface area contributed by atoms with Gasteiger partial charge in [0.15, 0.2) is 5.78 Å². The second kappa shape index (κ2) is 7.04. The number of allylic oxidation sites excluding steroid dienone is 2. The van der Waals surface area contributed by atoms with Crippen LogP contribution in [0.2, 0.25) is 0 Å². The normalized spacial score (nSPS) is 21.7. The highest BCUT2D eigenvalue weighted by molar-refractivity contribution is 7.15. The van der Waals surface area contributed by atoms with E-state index in [4.69, 9.17) is 9.72 Å². The fourth-order valence-electron chi connectivity index (χ4n) is 4.12. The monoisotopic (exact) mass is 381 g/mol. The molecule has 1 fully saturated rings. The summed E-state index contributed by atoms with van der Waals surface area (Å²) < 4.78 is 5.57. The number of thiazole rings is 1. The van der Waals surface area contributed by atoms with Crippen LogP contribution >= 0.6 is 11.3 Å². The van der Waals surface area contributed by atoms with E-state index in [-0.39, 0.29) is 23.6 Å². The van der Waals surface area contributed by atoms with E-state index in [0.717, 1.165) is 46.8 Å². The maximum absolute atomic E-state index is 13.1. The average molecular weight is 381 g/mol. The number of aryl methyl sites for hydroxylation is 2. The summed E-state index contributed by atoms with van der Waals surface area (Å²) in [6.45, 7) is 5.53. The number of aromatic nitrogens is 1. The number of hydrogen-bond acceptors (Lipinski definition) is 5. The molecule has 0 saturated heterocycles. The SMILES string of the molecule is CCc1sc(-c2ccc(C)cc2)nc1C1=C(OC(C)=O)[C@H]2CC[C@H](C2)C1=O. The van der Waals surface area contributed by atoms with E-state index in [9.17, 15) is 9.59 Å². The number of benzene rings is 1. The third-order valence-corrected chi connectivity index (χ3v) is 6.72. The zero-order valence-electron chi connectivity index (χ0n) is 15.9. The summed E-state index contributed by atoms with van der Waals surface area (Å²) in [6.07, 6.45) is 3.35. The van der Waals surface area contributed by atoms with Crippen LogP contribution in [0.15, 0.2) is 30.0 Å². The van der Waals surface area contributed by atoms with E-state index < -0.39 is 0 Å². The maximum Gasteiger partial charge on any atom is 0.307 e.